The van der Waals surface area contributed by atoms with Crippen molar-refractivity contribution in [2.24, 2.45) is 4.99 Å². The van der Waals surface area contributed by atoms with Gasteiger partial charge in [0.1, 0.15) is 29.2 Å². The SMILES string of the molecule is COc1ccc(C2=NCC(=O)N(C(C)C(=O)Nc3ccc(F)cc3)c3sc4c(c32)CCCC4)cc1. The molecule has 1 N–H and O–H groups in total. The highest BCUT2D eigenvalue weighted by Gasteiger charge is 2.36. The number of ether oxygens (including phenoxy) is 1. The minimum atomic E-state index is -0.767. The number of benzene rings is 2. The Balaban J connectivity index is 1.55. The number of aryl methyl sites for hydroxylation is 1. The predicted octanol–water partition coefficient (Wildman–Crippen LogP) is 4.99. The lowest BCUT2D eigenvalue weighted by molar-refractivity contribution is -0.122. The first-order valence-corrected chi connectivity index (χ1v) is 12.5. The van der Waals surface area contributed by atoms with Crippen molar-refractivity contribution in [3.8, 4) is 5.75 Å². The van der Waals surface area contributed by atoms with Gasteiger partial charge in [-0.1, -0.05) is 0 Å². The maximum absolute atomic E-state index is 13.4. The van der Waals surface area contributed by atoms with Crippen LogP contribution >= 0.6 is 11.3 Å². The number of hydrogen-bond donors (Lipinski definition) is 1. The summed E-state index contributed by atoms with van der Waals surface area (Å²) in [7, 11) is 1.63. The van der Waals surface area contributed by atoms with Crippen LogP contribution in [0.5, 0.6) is 5.75 Å². The molecule has 2 amide bonds. The van der Waals surface area contributed by atoms with Crippen molar-refractivity contribution in [1.29, 1.82) is 0 Å². The molecule has 1 atom stereocenters. The van der Waals surface area contributed by atoms with Gasteiger partial charge in [0.05, 0.1) is 12.8 Å². The van der Waals surface area contributed by atoms with E-state index >= 15 is 0 Å². The Morgan fingerprint density at radius 3 is 2.54 bits per heavy atom. The molecule has 0 fully saturated rings. The zero-order chi connectivity index (χ0) is 24.5. The van der Waals surface area contributed by atoms with Gasteiger partial charge in [-0.05, 0) is 86.7 Å². The van der Waals surface area contributed by atoms with Crippen molar-refractivity contribution in [3.63, 3.8) is 0 Å². The van der Waals surface area contributed by atoms with Crippen LogP contribution in [0.3, 0.4) is 0 Å². The van der Waals surface area contributed by atoms with E-state index in [2.05, 4.69) is 5.32 Å². The van der Waals surface area contributed by atoms with E-state index in [4.69, 9.17) is 9.73 Å². The third-order valence-corrected chi connectivity index (χ3v) is 7.78. The fraction of sp³-hybridized carbons (Fsp3) is 0.296. The molecule has 1 aliphatic carbocycles. The molecule has 0 bridgehead atoms. The fourth-order valence-electron chi connectivity index (χ4n) is 4.65. The summed E-state index contributed by atoms with van der Waals surface area (Å²) in [6.07, 6.45) is 4.08. The zero-order valence-electron chi connectivity index (χ0n) is 19.6. The van der Waals surface area contributed by atoms with Crippen molar-refractivity contribution < 1.29 is 18.7 Å². The highest BCUT2D eigenvalue weighted by atomic mass is 32.1. The highest BCUT2D eigenvalue weighted by molar-refractivity contribution is 7.17. The van der Waals surface area contributed by atoms with Crippen molar-refractivity contribution in [2.45, 2.75) is 38.6 Å². The molecule has 2 aliphatic rings. The third kappa shape index (κ3) is 4.46. The van der Waals surface area contributed by atoms with E-state index in [0.717, 1.165) is 53.3 Å². The highest BCUT2D eigenvalue weighted by Crippen LogP contribution is 2.43. The number of nitrogens with zero attached hydrogens (tertiary/aromatic N) is 2. The summed E-state index contributed by atoms with van der Waals surface area (Å²) < 4.78 is 18.6. The molecule has 3 aromatic rings. The van der Waals surface area contributed by atoms with Gasteiger partial charge in [0, 0.05) is 21.7 Å². The average molecular weight is 492 g/mol. The first-order chi connectivity index (χ1) is 17.0. The van der Waals surface area contributed by atoms with Gasteiger partial charge in [0.2, 0.25) is 11.8 Å². The number of methoxy groups -OCH3 is 1. The summed E-state index contributed by atoms with van der Waals surface area (Å²) in [6.45, 7) is 1.67. The second-order valence-electron chi connectivity index (χ2n) is 8.72. The van der Waals surface area contributed by atoms with Gasteiger partial charge < -0.3 is 10.1 Å². The largest absolute Gasteiger partial charge is 0.497 e. The molecule has 35 heavy (non-hydrogen) atoms. The number of halogens is 1. The van der Waals surface area contributed by atoms with E-state index in [-0.39, 0.29) is 24.2 Å². The number of rotatable bonds is 5. The van der Waals surface area contributed by atoms with Gasteiger partial charge >= 0.3 is 0 Å². The van der Waals surface area contributed by atoms with Crippen LogP contribution < -0.4 is 15.0 Å². The van der Waals surface area contributed by atoms with Gasteiger partial charge in [0.15, 0.2) is 0 Å². The number of anilines is 2. The van der Waals surface area contributed by atoms with Crippen molar-refractivity contribution in [3.05, 3.63) is 75.9 Å². The molecule has 1 aliphatic heterocycles. The van der Waals surface area contributed by atoms with Gasteiger partial charge in [-0.25, -0.2) is 4.39 Å². The van der Waals surface area contributed by atoms with E-state index in [1.165, 1.54) is 34.7 Å². The molecule has 8 heteroatoms. The molecule has 180 valence electrons. The minimum absolute atomic E-state index is 0.0499. The van der Waals surface area contributed by atoms with Gasteiger partial charge in [-0.3, -0.25) is 19.5 Å². The summed E-state index contributed by atoms with van der Waals surface area (Å²) in [6, 6.07) is 12.5. The smallest absolute Gasteiger partial charge is 0.250 e. The monoisotopic (exact) mass is 491 g/mol. The number of aliphatic imine (C=N–C) groups is 1. The maximum atomic E-state index is 13.4. The number of nitrogens with one attached hydrogen (secondary N) is 1. The zero-order valence-corrected chi connectivity index (χ0v) is 20.5. The third-order valence-electron chi connectivity index (χ3n) is 6.49. The normalized spacial score (nSPS) is 16.0. The van der Waals surface area contributed by atoms with E-state index < -0.39 is 6.04 Å². The van der Waals surface area contributed by atoms with Crippen molar-refractivity contribution in [2.75, 3.05) is 23.9 Å². The molecular weight excluding hydrogens is 465 g/mol. The quantitative estimate of drug-likeness (QED) is 0.547. The number of amides is 2. The van der Waals surface area contributed by atoms with Crippen molar-refractivity contribution >= 4 is 39.6 Å². The Kier molecular flexibility index (Phi) is 6.38. The number of thiophene rings is 1. The Hall–Kier alpha value is -3.52. The Morgan fingerprint density at radius 2 is 1.83 bits per heavy atom. The van der Waals surface area contributed by atoms with E-state index in [1.807, 2.05) is 24.3 Å². The summed E-state index contributed by atoms with van der Waals surface area (Å²) in [4.78, 5) is 34.2. The number of hydrogen-bond acceptors (Lipinski definition) is 5. The van der Waals surface area contributed by atoms with Crippen LogP contribution in [0.4, 0.5) is 15.1 Å². The van der Waals surface area contributed by atoms with Crippen LogP contribution in [0.15, 0.2) is 53.5 Å². The molecule has 1 aromatic heterocycles. The van der Waals surface area contributed by atoms with E-state index in [9.17, 15) is 14.0 Å². The summed E-state index contributed by atoms with van der Waals surface area (Å²) >= 11 is 1.59. The Bertz CT molecular complexity index is 1300. The number of carbonyl (C=O) groups is 2. The Morgan fingerprint density at radius 1 is 1.11 bits per heavy atom. The summed E-state index contributed by atoms with van der Waals surface area (Å²) in [5.41, 5.74) is 4.37. The second kappa shape index (κ2) is 9.62. The lowest BCUT2D eigenvalue weighted by atomic mass is 9.91. The van der Waals surface area contributed by atoms with E-state index in [1.54, 1.807) is 30.3 Å². The van der Waals surface area contributed by atoms with Crippen molar-refractivity contribution in [1.82, 2.24) is 0 Å². The first-order valence-electron chi connectivity index (χ1n) is 11.7. The van der Waals surface area contributed by atoms with Gasteiger partial charge in [-0.15, -0.1) is 11.3 Å². The molecule has 2 aromatic carbocycles. The maximum Gasteiger partial charge on any atom is 0.250 e. The molecule has 5 rings (SSSR count). The number of carbonyl (C=O) groups excluding carboxylic acids is 2. The molecule has 0 saturated carbocycles. The van der Waals surface area contributed by atoms with Crippen LogP contribution in [0.25, 0.3) is 0 Å². The average Bonchev–Trinajstić information content (AvgIpc) is 3.18. The Labute approximate surface area is 207 Å². The van der Waals surface area contributed by atoms with Crippen LogP contribution in [0.1, 0.15) is 41.3 Å². The van der Waals surface area contributed by atoms with Crippen LogP contribution in [0.2, 0.25) is 0 Å². The fourth-order valence-corrected chi connectivity index (χ4v) is 6.14. The first kappa shape index (κ1) is 23.2. The van der Waals surface area contributed by atoms with Crippen LogP contribution in [-0.2, 0) is 22.4 Å². The lowest BCUT2D eigenvalue weighted by Gasteiger charge is -2.27. The van der Waals surface area contributed by atoms with E-state index in [0.29, 0.717) is 5.69 Å². The lowest BCUT2D eigenvalue weighted by Crippen LogP contribution is -2.46. The van der Waals surface area contributed by atoms with Gasteiger partial charge in [0.25, 0.3) is 0 Å². The van der Waals surface area contributed by atoms with Crippen LogP contribution in [0, 0.1) is 5.82 Å². The molecule has 1 unspecified atom stereocenters. The number of fused-ring (bicyclic) bond motifs is 3. The molecule has 0 saturated heterocycles. The standard InChI is InChI=1S/C27H26FN3O3S/c1-16(26(33)30-19-11-9-18(28)10-12-19)31-23(32)15-29-25(17-7-13-20(34-2)14-8-17)24-21-5-3-4-6-22(21)35-27(24)31/h7-14,16H,3-6,15H2,1-2H3,(H,30,33). The summed E-state index contributed by atoms with van der Waals surface area (Å²) in [5, 5.41) is 3.58. The second-order valence-corrected chi connectivity index (χ2v) is 9.80. The molecule has 6 nitrogen and oxygen atoms in total. The van der Waals surface area contributed by atoms with Crippen LogP contribution in [-0.4, -0.2) is 37.2 Å². The molecular formula is C27H26FN3O3S. The molecule has 0 spiro atoms. The molecule has 2 heterocycles. The van der Waals surface area contributed by atoms with Gasteiger partial charge in [-0.2, -0.15) is 0 Å². The predicted molar refractivity (Wildman–Crippen MR) is 136 cm³/mol. The molecule has 0 radical (unpaired) electrons. The topological polar surface area (TPSA) is 71.0 Å². The summed E-state index contributed by atoms with van der Waals surface area (Å²) in [5.74, 6) is -0.194. The minimum Gasteiger partial charge on any atom is -0.497 e.